The first-order valence-electron chi connectivity index (χ1n) is 4.93. The van der Waals surface area contributed by atoms with Crippen molar-refractivity contribution < 1.29 is 0 Å². The maximum atomic E-state index is 8.82. The Balaban J connectivity index is 2.51. The molecule has 16 heavy (non-hydrogen) atoms. The molecule has 2 rings (SSSR count). The molecule has 0 aliphatic heterocycles. The summed E-state index contributed by atoms with van der Waals surface area (Å²) in [5.74, 6) is 0.542. The average Bonchev–Trinajstić information content (AvgIpc) is 2.33. The number of aromatic nitrogens is 1. The Kier molecular flexibility index (Phi) is 2.57. The normalized spacial score (nSPS) is 9.75. The molecule has 2 N–H and O–H groups in total. The van der Waals surface area contributed by atoms with Crippen molar-refractivity contribution in [3.05, 3.63) is 47.7 Å². The van der Waals surface area contributed by atoms with E-state index in [1.807, 2.05) is 31.2 Å². The van der Waals surface area contributed by atoms with E-state index in [-0.39, 0.29) is 0 Å². The van der Waals surface area contributed by atoms with Crippen LogP contribution in [0.15, 0.2) is 36.5 Å². The highest BCUT2D eigenvalue weighted by Crippen LogP contribution is 2.22. The van der Waals surface area contributed by atoms with Crippen molar-refractivity contribution in [1.82, 2.24) is 4.98 Å². The number of rotatable bonds is 1. The summed E-state index contributed by atoms with van der Waals surface area (Å²) in [4.78, 5) is 4.11. The van der Waals surface area contributed by atoms with Gasteiger partial charge in [-0.25, -0.2) is 4.98 Å². The van der Waals surface area contributed by atoms with Crippen molar-refractivity contribution in [2.75, 3.05) is 5.73 Å². The monoisotopic (exact) mass is 209 g/mol. The van der Waals surface area contributed by atoms with Crippen LogP contribution >= 0.6 is 0 Å². The Labute approximate surface area is 94.2 Å². The summed E-state index contributed by atoms with van der Waals surface area (Å²) in [7, 11) is 0. The molecule has 3 nitrogen and oxygen atoms in total. The van der Waals surface area contributed by atoms with Crippen LogP contribution in [0.25, 0.3) is 11.1 Å². The smallest absolute Gasteiger partial charge is 0.126 e. The molecular formula is C13H11N3. The minimum Gasteiger partial charge on any atom is -0.383 e. The second-order valence-electron chi connectivity index (χ2n) is 3.62. The van der Waals surface area contributed by atoms with E-state index in [1.54, 1.807) is 12.3 Å². The van der Waals surface area contributed by atoms with Gasteiger partial charge in [0.1, 0.15) is 5.82 Å². The lowest BCUT2D eigenvalue weighted by Crippen LogP contribution is -1.94. The van der Waals surface area contributed by atoms with E-state index in [0.29, 0.717) is 11.4 Å². The molecule has 1 aromatic heterocycles. The van der Waals surface area contributed by atoms with Crippen LogP contribution < -0.4 is 5.73 Å². The molecule has 0 aliphatic carbocycles. The van der Waals surface area contributed by atoms with Gasteiger partial charge in [-0.2, -0.15) is 5.26 Å². The SMILES string of the molecule is Cc1cc(-c2cccc(C#N)c2)cnc1N. The molecule has 3 heteroatoms. The fraction of sp³-hybridized carbons (Fsp3) is 0.0769. The molecule has 0 saturated carbocycles. The van der Waals surface area contributed by atoms with Crippen molar-refractivity contribution in [3.63, 3.8) is 0 Å². The van der Waals surface area contributed by atoms with Crippen LogP contribution in [-0.2, 0) is 0 Å². The summed E-state index contributed by atoms with van der Waals surface area (Å²) in [5.41, 5.74) is 9.21. The zero-order valence-electron chi connectivity index (χ0n) is 8.94. The van der Waals surface area contributed by atoms with Gasteiger partial charge in [0.25, 0.3) is 0 Å². The van der Waals surface area contributed by atoms with Crippen molar-refractivity contribution in [1.29, 1.82) is 5.26 Å². The van der Waals surface area contributed by atoms with Gasteiger partial charge < -0.3 is 5.73 Å². The highest BCUT2D eigenvalue weighted by molar-refractivity contribution is 5.66. The van der Waals surface area contributed by atoms with Gasteiger partial charge in [0.05, 0.1) is 11.6 Å². The van der Waals surface area contributed by atoms with Gasteiger partial charge in [-0.15, -0.1) is 0 Å². The maximum Gasteiger partial charge on any atom is 0.126 e. The molecule has 0 radical (unpaired) electrons. The second kappa shape index (κ2) is 4.03. The summed E-state index contributed by atoms with van der Waals surface area (Å²) in [6.07, 6.45) is 1.72. The Bertz CT molecular complexity index is 568. The van der Waals surface area contributed by atoms with E-state index < -0.39 is 0 Å². The Morgan fingerprint density at radius 2 is 2.06 bits per heavy atom. The topological polar surface area (TPSA) is 62.7 Å². The molecule has 0 bridgehead atoms. The lowest BCUT2D eigenvalue weighted by atomic mass is 10.0. The Morgan fingerprint density at radius 1 is 1.25 bits per heavy atom. The first kappa shape index (κ1) is 10.2. The van der Waals surface area contributed by atoms with Gasteiger partial charge in [-0.3, -0.25) is 0 Å². The molecule has 78 valence electrons. The summed E-state index contributed by atoms with van der Waals surface area (Å²) < 4.78 is 0. The van der Waals surface area contributed by atoms with Crippen molar-refractivity contribution >= 4 is 5.82 Å². The van der Waals surface area contributed by atoms with Gasteiger partial charge in [0.15, 0.2) is 0 Å². The van der Waals surface area contributed by atoms with Crippen LogP contribution in [0.2, 0.25) is 0 Å². The van der Waals surface area contributed by atoms with E-state index in [4.69, 9.17) is 11.0 Å². The fourth-order valence-electron chi connectivity index (χ4n) is 1.51. The number of nitriles is 1. The Hall–Kier alpha value is -2.34. The van der Waals surface area contributed by atoms with Crippen molar-refractivity contribution in [3.8, 4) is 17.2 Å². The number of nitrogens with two attached hydrogens (primary N) is 1. The van der Waals surface area contributed by atoms with Crippen molar-refractivity contribution in [2.24, 2.45) is 0 Å². The third-order valence-corrected chi connectivity index (χ3v) is 2.44. The van der Waals surface area contributed by atoms with Crippen LogP contribution in [-0.4, -0.2) is 4.98 Å². The first-order chi connectivity index (χ1) is 7.70. The van der Waals surface area contributed by atoms with Gasteiger partial charge in [0.2, 0.25) is 0 Å². The van der Waals surface area contributed by atoms with Gasteiger partial charge in [0, 0.05) is 11.8 Å². The van der Waals surface area contributed by atoms with Crippen molar-refractivity contribution in [2.45, 2.75) is 6.92 Å². The highest BCUT2D eigenvalue weighted by atomic mass is 14.8. The molecule has 2 aromatic rings. The largest absolute Gasteiger partial charge is 0.383 e. The van der Waals surface area contributed by atoms with E-state index in [2.05, 4.69) is 11.1 Å². The number of benzene rings is 1. The first-order valence-corrected chi connectivity index (χ1v) is 4.93. The van der Waals surface area contributed by atoms with E-state index in [0.717, 1.165) is 16.7 Å². The van der Waals surface area contributed by atoms with E-state index >= 15 is 0 Å². The maximum absolute atomic E-state index is 8.82. The molecule has 0 fully saturated rings. The van der Waals surface area contributed by atoms with E-state index in [1.165, 1.54) is 0 Å². The minimum absolute atomic E-state index is 0.542. The summed E-state index contributed by atoms with van der Waals surface area (Å²) >= 11 is 0. The summed E-state index contributed by atoms with van der Waals surface area (Å²) in [6, 6.07) is 11.5. The third-order valence-electron chi connectivity index (χ3n) is 2.44. The number of hydrogen-bond acceptors (Lipinski definition) is 3. The van der Waals surface area contributed by atoms with Crippen LogP contribution in [0, 0.1) is 18.3 Å². The van der Waals surface area contributed by atoms with Gasteiger partial charge >= 0.3 is 0 Å². The molecule has 0 saturated heterocycles. The number of anilines is 1. The number of aryl methyl sites for hydroxylation is 1. The fourth-order valence-corrected chi connectivity index (χ4v) is 1.51. The zero-order valence-corrected chi connectivity index (χ0v) is 8.94. The number of pyridine rings is 1. The molecule has 0 amide bonds. The van der Waals surface area contributed by atoms with Gasteiger partial charge in [-0.1, -0.05) is 12.1 Å². The molecular weight excluding hydrogens is 198 g/mol. The number of nitrogens with zero attached hydrogens (tertiary/aromatic N) is 2. The standard InChI is InChI=1S/C13H11N3/c1-9-5-12(8-16-13(9)15)11-4-2-3-10(6-11)7-14/h2-6,8H,1H3,(H2,15,16). The second-order valence-corrected chi connectivity index (χ2v) is 3.62. The van der Waals surface area contributed by atoms with Crippen LogP contribution in [0.5, 0.6) is 0 Å². The average molecular weight is 209 g/mol. The molecule has 0 aliphatic rings. The lowest BCUT2D eigenvalue weighted by molar-refractivity contribution is 1.28. The van der Waals surface area contributed by atoms with E-state index in [9.17, 15) is 0 Å². The molecule has 1 heterocycles. The highest BCUT2D eigenvalue weighted by Gasteiger charge is 2.02. The minimum atomic E-state index is 0.542. The molecule has 0 spiro atoms. The molecule has 0 unspecified atom stereocenters. The quantitative estimate of drug-likeness (QED) is 0.784. The predicted molar refractivity (Wildman–Crippen MR) is 63.5 cm³/mol. The number of nitrogen functional groups attached to an aromatic ring is 1. The molecule has 1 aromatic carbocycles. The van der Waals surface area contributed by atoms with Crippen LogP contribution in [0.3, 0.4) is 0 Å². The summed E-state index contributed by atoms with van der Waals surface area (Å²) in [6.45, 7) is 1.92. The van der Waals surface area contributed by atoms with Crippen LogP contribution in [0.1, 0.15) is 11.1 Å². The zero-order chi connectivity index (χ0) is 11.5. The Morgan fingerprint density at radius 3 is 2.75 bits per heavy atom. The molecule has 0 atom stereocenters. The predicted octanol–water partition coefficient (Wildman–Crippen LogP) is 2.51. The summed E-state index contributed by atoms with van der Waals surface area (Å²) in [5, 5.41) is 8.82. The van der Waals surface area contributed by atoms with Gasteiger partial charge in [-0.05, 0) is 36.2 Å². The number of hydrogen-bond donors (Lipinski definition) is 1. The van der Waals surface area contributed by atoms with Crippen LogP contribution in [0.4, 0.5) is 5.82 Å². The third kappa shape index (κ3) is 1.86. The lowest BCUT2D eigenvalue weighted by Gasteiger charge is -2.04.